The number of likely N-dealkylation sites (tertiary alicyclic amines) is 1. The molecule has 10 heteroatoms. The first-order chi connectivity index (χ1) is 19.1. The zero-order valence-electron chi connectivity index (χ0n) is 23.2. The molecule has 3 aromatic rings. The zero-order valence-corrected chi connectivity index (χ0v) is 24.0. The number of para-hydroxylation sites is 2. The SMILES string of the molecule is CN1CCC2(CC1)CN(c1ccc(Cc3nc4c(c(Nc5ccccc5N(C)S(C)(=O)=O)n3)C=CC4)cc1F)C2. The summed E-state index contributed by atoms with van der Waals surface area (Å²) in [6.45, 7) is 4.07. The highest BCUT2D eigenvalue weighted by Crippen LogP contribution is 2.43. The van der Waals surface area contributed by atoms with Crippen LogP contribution in [-0.4, -0.2) is 69.8 Å². The van der Waals surface area contributed by atoms with Gasteiger partial charge < -0.3 is 15.1 Å². The fraction of sp³-hybridized carbons (Fsp3) is 0.400. The summed E-state index contributed by atoms with van der Waals surface area (Å²) in [7, 11) is 0.243. The van der Waals surface area contributed by atoms with Gasteiger partial charge in [-0.1, -0.05) is 30.4 Å². The van der Waals surface area contributed by atoms with Crippen LogP contribution in [0.3, 0.4) is 0 Å². The molecular weight excluding hydrogens is 527 g/mol. The number of halogens is 1. The highest BCUT2D eigenvalue weighted by Gasteiger charge is 2.45. The summed E-state index contributed by atoms with van der Waals surface area (Å²) in [6.07, 6.45) is 8.60. The van der Waals surface area contributed by atoms with E-state index in [1.165, 1.54) is 30.5 Å². The fourth-order valence-corrected chi connectivity index (χ4v) is 6.48. The van der Waals surface area contributed by atoms with Crippen LogP contribution >= 0.6 is 0 Å². The monoisotopic (exact) mass is 562 g/mol. The first-order valence-corrected chi connectivity index (χ1v) is 15.5. The maximum absolute atomic E-state index is 15.3. The van der Waals surface area contributed by atoms with Gasteiger partial charge in [-0.2, -0.15) is 0 Å². The van der Waals surface area contributed by atoms with Gasteiger partial charge in [0.15, 0.2) is 0 Å². The van der Waals surface area contributed by atoms with Gasteiger partial charge in [-0.05, 0) is 62.8 Å². The normalized spacial score (nSPS) is 18.1. The Kier molecular flexibility index (Phi) is 6.78. The number of sulfonamides is 1. The Morgan fingerprint density at radius 3 is 2.58 bits per heavy atom. The quantitative estimate of drug-likeness (QED) is 0.456. The Balaban J connectivity index is 1.21. The van der Waals surface area contributed by atoms with Crippen LogP contribution in [0.2, 0.25) is 0 Å². The number of rotatable bonds is 7. The average molecular weight is 563 g/mol. The second kappa shape index (κ2) is 10.2. The van der Waals surface area contributed by atoms with E-state index >= 15 is 4.39 Å². The molecule has 6 rings (SSSR count). The first-order valence-electron chi connectivity index (χ1n) is 13.7. The highest BCUT2D eigenvalue weighted by molar-refractivity contribution is 7.92. The number of allylic oxidation sites excluding steroid dienone is 1. The molecule has 2 aromatic carbocycles. The van der Waals surface area contributed by atoms with Crippen LogP contribution in [0.25, 0.3) is 6.08 Å². The topological polar surface area (TPSA) is 81.7 Å². The van der Waals surface area contributed by atoms with Gasteiger partial charge in [0, 0.05) is 44.0 Å². The summed E-state index contributed by atoms with van der Waals surface area (Å²) in [5.41, 5.74) is 4.72. The number of hydrogen-bond acceptors (Lipinski definition) is 7. The van der Waals surface area contributed by atoms with Crippen molar-refractivity contribution in [3.05, 3.63) is 77.0 Å². The lowest BCUT2D eigenvalue weighted by molar-refractivity contribution is 0.0901. The summed E-state index contributed by atoms with van der Waals surface area (Å²) in [5.74, 6) is 0.976. The summed E-state index contributed by atoms with van der Waals surface area (Å²) in [4.78, 5) is 14.1. The smallest absolute Gasteiger partial charge is 0.232 e. The molecule has 0 bridgehead atoms. The molecule has 3 aliphatic rings. The van der Waals surface area contributed by atoms with Gasteiger partial charge in [-0.3, -0.25) is 4.31 Å². The van der Waals surface area contributed by atoms with Crippen LogP contribution in [-0.2, 0) is 22.9 Å². The number of anilines is 4. The minimum atomic E-state index is -3.45. The third-order valence-electron chi connectivity index (χ3n) is 8.48. The van der Waals surface area contributed by atoms with Crippen molar-refractivity contribution in [1.82, 2.24) is 14.9 Å². The molecule has 0 amide bonds. The number of nitrogens with one attached hydrogen (secondary N) is 1. The Labute approximate surface area is 235 Å². The lowest BCUT2D eigenvalue weighted by Gasteiger charge is -2.54. The fourth-order valence-electron chi connectivity index (χ4n) is 5.96. The van der Waals surface area contributed by atoms with Crippen LogP contribution in [0, 0.1) is 11.2 Å². The van der Waals surface area contributed by atoms with Crippen molar-refractivity contribution in [2.75, 3.05) is 61.1 Å². The van der Waals surface area contributed by atoms with Crippen LogP contribution in [0.15, 0.2) is 48.5 Å². The van der Waals surface area contributed by atoms with E-state index in [4.69, 9.17) is 9.97 Å². The van der Waals surface area contributed by atoms with E-state index in [-0.39, 0.29) is 5.82 Å². The molecule has 1 N–H and O–H groups in total. The second-order valence-electron chi connectivity index (χ2n) is 11.4. The predicted molar refractivity (Wildman–Crippen MR) is 158 cm³/mol. The van der Waals surface area contributed by atoms with E-state index in [1.54, 1.807) is 18.2 Å². The molecule has 40 heavy (non-hydrogen) atoms. The van der Waals surface area contributed by atoms with E-state index in [0.29, 0.717) is 47.0 Å². The summed E-state index contributed by atoms with van der Waals surface area (Å²) < 4.78 is 40.9. The Morgan fingerprint density at radius 2 is 1.85 bits per heavy atom. The Hall–Kier alpha value is -3.50. The van der Waals surface area contributed by atoms with Crippen molar-refractivity contribution in [3.63, 3.8) is 0 Å². The summed E-state index contributed by atoms with van der Waals surface area (Å²) in [5, 5.41) is 3.34. The van der Waals surface area contributed by atoms with Gasteiger partial charge in [-0.15, -0.1) is 0 Å². The lowest BCUT2D eigenvalue weighted by atomic mass is 9.72. The maximum atomic E-state index is 15.3. The highest BCUT2D eigenvalue weighted by atomic mass is 32.2. The van der Waals surface area contributed by atoms with Crippen LogP contribution in [0.4, 0.5) is 27.3 Å². The second-order valence-corrected chi connectivity index (χ2v) is 13.5. The summed E-state index contributed by atoms with van der Waals surface area (Å²) >= 11 is 0. The van der Waals surface area contributed by atoms with Gasteiger partial charge in [0.25, 0.3) is 0 Å². The van der Waals surface area contributed by atoms with Crippen LogP contribution in [0.5, 0.6) is 0 Å². The third kappa shape index (κ3) is 5.17. The number of hydrogen-bond donors (Lipinski definition) is 1. The van der Waals surface area contributed by atoms with Crippen molar-refractivity contribution in [2.24, 2.45) is 5.41 Å². The van der Waals surface area contributed by atoms with E-state index < -0.39 is 10.0 Å². The van der Waals surface area contributed by atoms with Crippen LogP contribution in [0.1, 0.15) is 35.5 Å². The van der Waals surface area contributed by atoms with Gasteiger partial charge in [-0.25, -0.2) is 22.8 Å². The standard InChI is InChI=1S/C30H35FN6O2S/c1-35-15-13-30(14-16-35)19-37(20-30)26-12-11-21(17-23(26)31)18-28-32-24-9-6-7-22(24)29(34-28)33-25-8-4-5-10-27(25)36(2)40(3,38)39/h4-8,10-12,17H,9,13-16,18-20H2,1-3H3,(H,32,33,34). The largest absolute Gasteiger partial charge is 0.368 e. The Bertz CT molecular complexity index is 1580. The van der Waals surface area contributed by atoms with Crippen LogP contribution < -0.4 is 14.5 Å². The van der Waals surface area contributed by atoms with E-state index in [0.717, 1.165) is 43.0 Å². The molecule has 0 atom stereocenters. The molecule has 8 nitrogen and oxygen atoms in total. The number of fused-ring (bicyclic) bond motifs is 1. The maximum Gasteiger partial charge on any atom is 0.232 e. The van der Waals surface area contributed by atoms with Crippen molar-refractivity contribution in [1.29, 1.82) is 0 Å². The molecule has 1 spiro atoms. The van der Waals surface area contributed by atoms with Crippen molar-refractivity contribution in [2.45, 2.75) is 25.7 Å². The summed E-state index contributed by atoms with van der Waals surface area (Å²) in [6, 6.07) is 12.7. The molecule has 0 saturated carbocycles. The Morgan fingerprint density at radius 1 is 1.10 bits per heavy atom. The number of piperidine rings is 1. The molecule has 0 radical (unpaired) electrons. The minimum Gasteiger partial charge on any atom is -0.368 e. The van der Waals surface area contributed by atoms with Crippen molar-refractivity contribution >= 4 is 39.0 Å². The number of aromatic nitrogens is 2. The lowest BCUT2D eigenvalue weighted by Crippen LogP contribution is -2.60. The molecule has 1 aromatic heterocycles. The average Bonchev–Trinajstić information content (AvgIpc) is 3.37. The zero-order chi connectivity index (χ0) is 28.1. The molecule has 1 aliphatic carbocycles. The predicted octanol–water partition coefficient (Wildman–Crippen LogP) is 4.45. The molecule has 3 heterocycles. The van der Waals surface area contributed by atoms with Gasteiger partial charge in [0.1, 0.15) is 17.5 Å². The number of benzene rings is 2. The molecule has 2 saturated heterocycles. The van der Waals surface area contributed by atoms with E-state index in [2.05, 4.69) is 22.2 Å². The van der Waals surface area contributed by atoms with Crippen molar-refractivity contribution in [3.8, 4) is 0 Å². The molecule has 2 aliphatic heterocycles. The molecular formula is C30H35FN6O2S. The molecule has 210 valence electrons. The van der Waals surface area contributed by atoms with Gasteiger partial charge >= 0.3 is 0 Å². The van der Waals surface area contributed by atoms with E-state index in [1.807, 2.05) is 36.4 Å². The van der Waals surface area contributed by atoms with Crippen molar-refractivity contribution < 1.29 is 12.8 Å². The van der Waals surface area contributed by atoms with Gasteiger partial charge in [0.05, 0.1) is 29.0 Å². The number of nitrogens with zero attached hydrogens (tertiary/aromatic N) is 5. The third-order valence-corrected chi connectivity index (χ3v) is 9.67. The van der Waals surface area contributed by atoms with E-state index in [9.17, 15) is 8.42 Å². The van der Waals surface area contributed by atoms with Gasteiger partial charge in [0.2, 0.25) is 10.0 Å². The minimum absolute atomic E-state index is 0.209. The molecule has 0 unspecified atom stereocenters. The molecule has 2 fully saturated rings. The first kappa shape index (κ1) is 26.7.